The van der Waals surface area contributed by atoms with Gasteiger partial charge < -0.3 is 0 Å². The molecule has 1 aliphatic rings. The number of nitrogens with zero attached hydrogens (tertiary/aromatic N) is 3. The summed E-state index contributed by atoms with van der Waals surface area (Å²) in [6, 6.07) is 7.12. The Hall–Kier alpha value is -1.79. The monoisotopic (exact) mass is 349 g/mol. The van der Waals surface area contributed by atoms with E-state index in [2.05, 4.69) is 9.97 Å². The molecule has 2 heterocycles. The number of aromatic nitrogens is 2. The van der Waals surface area contributed by atoms with E-state index < -0.39 is 16.2 Å². The number of amides is 1. The smallest absolute Gasteiger partial charge is 0.243 e. The maximum atomic E-state index is 12.5. The van der Waals surface area contributed by atoms with Crippen LogP contribution in [-0.2, 0) is 15.6 Å². The Labute approximate surface area is 142 Å². The number of carbonyl (C=O) groups is 1. The molecule has 0 radical (unpaired) electrons. The first-order valence-electron chi connectivity index (χ1n) is 7.15. The Bertz CT molecular complexity index is 802. The van der Waals surface area contributed by atoms with Crippen LogP contribution in [-0.4, -0.2) is 25.8 Å². The molecule has 5 nitrogen and oxygen atoms in total. The molecule has 2 unspecified atom stereocenters. The van der Waals surface area contributed by atoms with Crippen LogP contribution in [0.4, 0.5) is 5.95 Å². The lowest BCUT2D eigenvalue weighted by Crippen LogP contribution is -2.31. The second-order valence-corrected chi connectivity index (χ2v) is 7.39. The molecule has 2 atom stereocenters. The van der Waals surface area contributed by atoms with Crippen LogP contribution in [0.5, 0.6) is 0 Å². The largest absolute Gasteiger partial charge is 0.273 e. The van der Waals surface area contributed by atoms with Crippen LogP contribution in [0.15, 0.2) is 24.3 Å². The van der Waals surface area contributed by atoms with Crippen molar-refractivity contribution in [2.24, 2.45) is 0 Å². The number of carbonyl (C=O) groups excluding carboxylic acids is 1. The van der Waals surface area contributed by atoms with Gasteiger partial charge in [-0.15, -0.1) is 0 Å². The van der Waals surface area contributed by atoms with Crippen molar-refractivity contribution >= 4 is 34.3 Å². The van der Waals surface area contributed by atoms with Crippen LogP contribution < -0.4 is 4.90 Å². The molecule has 1 aromatic heterocycles. The minimum absolute atomic E-state index is 0.0504. The maximum absolute atomic E-state index is 12.5. The van der Waals surface area contributed by atoms with Gasteiger partial charge in [-0.3, -0.25) is 13.9 Å². The first-order chi connectivity index (χ1) is 10.9. The van der Waals surface area contributed by atoms with Gasteiger partial charge >= 0.3 is 0 Å². The molecule has 0 aliphatic carbocycles. The van der Waals surface area contributed by atoms with Gasteiger partial charge in [-0.05, 0) is 32.4 Å². The number of hydrogen-bond donors (Lipinski definition) is 0. The first-order valence-corrected chi connectivity index (χ1v) is 8.91. The van der Waals surface area contributed by atoms with Crippen molar-refractivity contribution in [3.63, 3.8) is 0 Å². The predicted octanol–water partition coefficient (Wildman–Crippen LogP) is 2.85. The van der Waals surface area contributed by atoms with Crippen LogP contribution >= 0.6 is 11.6 Å². The molecule has 0 saturated carbocycles. The number of aryl methyl sites for hydroxylation is 2. The molecule has 1 aromatic carbocycles. The molecule has 1 fully saturated rings. The van der Waals surface area contributed by atoms with E-state index in [9.17, 15) is 9.00 Å². The van der Waals surface area contributed by atoms with Gasteiger partial charge in [0.2, 0.25) is 11.9 Å². The minimum Gasteiger partial charge on any atom is -0.273 e. The molecule has 1 amide bonds. The van der Waals surface area contributed by atoms with E-state index in [0.29, 0.717) is 10.6 Å². The molecule has 1 aliphatic heterocycles. The third-order valence-corrected chi connectivity index (χ3v) is 5.86. The van der Waals surface area contributed by atoms with E-state index in [1.54, 1.807) is 18.2 Å². The summed E-state index contributed by atoms with van der Waals surface area (Å²) >= 11 is 6.24. The first kappa shape index (κ1) is 16.1. The van der Waals surface area contributed by atoms with Crippen molar-refractivity contribution in [1.29, 1.82) is 0 Å². The average Bonchev–Trinajstić information content (AvgIpc) is 2.79. The highest BCUT2D eigenvalue weighted by Crippen LogP contribution is 2.37. The molecule has 120 valence electrons. The lowest BCUT2D eigenvalue weighted by molar-refractivity contribution is -0.115. The summed E-state index contributed by atoms with van der Waals surface area (Å²) in [5, 5.41) is -0.177. The summed E-state index contributed by atoms with van der Waals surface area (Å²) in [6.45, 7) is 5.68. The summed E-state index contributed by atoms with van der Waals surface area (Å²) in [5.41, 5.74) is 3.24. The third-order valence-electron chi connectivity index (χ3n) is 4.03. The zero-order valence-electron chi connectivity index (χ0n) is 13.0. The van der Waals surface area contributed by atoms with Gasteiger partial charge in [-0.2, -0.15) is 0 Å². The van der Waals surface area contributed by atoms with Crippen molar-refractivity contribution < 1.29 is 9.00 Å². The maximum Gasteiger partial charge on any atom is 0.243 e. The SMILES string of the molecule is Cc1nc(N2C(=O)CS(=O)C2c2ccccc2Cl)nc(C)c1C. The lowest BCUT2D eigenvalue weighted by atomic mass is 10.2. The number of anilines is 1. The molecule has 23 heavy (non-hydrogen) atoms. The van der Waals surface area contributed by atoms with Gasteiger partial charge in [0.05, 0.1) is 10.8 Å². The molecule has 3 rings (SSSR count). The third kappa shape index (κ3) is 2.77. The molecule has 7 heteroatoms. The normalized spacial score (nSPS) is 21.0. The van der Waals surface area contributed by atoms with Gasteiger partial charge in [0.15, 0.2) is 0 Å². The molecular weight excluding hydrogens is 334 g/mol. The highest BCUT2D eigenvalue weighted by molar-refractivity contribution is 7.86. The summed E-state index contributed by atoms with van der Waals surface area (Å²) in [4.78, 5) is 22.7. The summed E-state index contributed by atoms with van der Waals surface area (Å²) in [7, 11) is -1.39. The minimum atomic E-state index is -1.39. The van der Waals surface area contributed by atoms with E-state index in [1.165, 1.54) is 4.90 Å². The fraction of sp³-hybridized carbons (Fsp3) is 0.312. The molecular formula is C16H16ClN3O2S. The fourth-order valence-corrected chi connectivity index (χ4v) is 4.33. The number of rotatable bonds is 2. The Kier molecular flexibility index (Phi) is 4.21. The zero-order valence-corrected chi connectivity index (χ0v) is 14.6. The zero-order chi connectivity index (χ0) is 16.7. The topological polar surface area (TPSA) is 63.2 Å². The summed E-state index contributed by atoms with van der Waals surface area (Å²) < 4.78 is 12.5. The Morgan fingerprint density at radius 3 is 2.39 bits per heavy atom. The van der Waals surface area contributed by atoms with E-state index in [1.807, 2.05) is 26.8 Å². The number of hydrogen-bond acceptors (Lipinski definition) is 4. The standard InChI is InChI=1S/C16H16ClN3O2S/c1-9-10(2)18-16(19-11(9)3)20-14(21)8-23(22)15(20)12-6-4-5-7-13(12)17/h4-7,15H,8H2,1-3H3. The van der Waals surface area contributed by atoms with E-state index in [4.69, 9.17) is 11.6 Å². The lowest BCUT2D eigenvalue weighted by Gasteiger charge is -2.23. The average molecular weight is 350 g/mol. The second kappa shape index (κ2) is 6.02. The molecule has 0 bridgehead atoms. The van der Waals surface area contributed by atoms with Crippen LogP contribution in [0.25, 0.3) is 0 Å². The molecule has 0 N–H and O–H groups in total. The van der Waals surface area contributed by atoms with Gasteiger partial charge in [0, 0.05) is 22.0 Å². The summed E-state index contributed by atoms with van der Waals surface area (Å²) in [5.74, 6) is -0.0205. The summed E-state index contributed by atoms with van der Waals surface area (Å²) in [6.07, 6.45) is 0. The van der Waals surface area contributed by atoms with Crippen molar-refractivity contribution in [3.05, 3.63) is 51.8 Å². The highest BCUT2D eigenvalue weighted by atomic mass is 35.5. The number of halogens is 1. The highest BCUT2D eigenvalue weighted by Gasteiger charge is 2.42. The van der Waals surface area contributed by atoms with E-state index in [0.717, 1.165) is 17.0 Å². The van der Waals surface area contributed by atoms with Crippen LogP contribution in [0.1, 0.15) is 27.9 Å². The van der Waals surface area contributed by atoms with Crippen molar-refractivity contribution in [2.75, 3.05) is 10.7 Å². The Morgan fingerprint density at radius 1 is 1.17 bits per heavy atom. The molecule has 2 aromatic rings. The van der Waals surface area contributed by atoms with Gasteiger partial charge in [-0.25, -0.2) is 9.97 Å². The van der Waals surface area contributed by atoms with Gasteiger partial charge in [0.1, 0.15) is 11.1 Å². The van der Waals surface area contributed by atoms with Crippen LogP contribution in [0, 0.1) is 20.8 Å². The van der Waals surface area contributed by atoms with E-state index >= 15 is 0 Å². The molecule has 1 saturated heterocycles. The second-order valence-electron chi connectivity index (χ2n) is 5.48. The van der Waals surface area contributed by atoms with Crippen LogP contribution in [0.2, 0.25) is 5.02 Å². The van der Waals surface area contributed by atoms with Gasteiger partial charge in [0.25, 0.3) is 0 Å². The van der Waals surface area contributed by atoms with Gasteiger partial charge in [-0.1, -0.05) is 29.8 Å². The van der Waals surface area contributed by atoms with E-state index in [-0.39, 0.29) is 17.6 Å². The van der Waals surface area contributed by atoms with Crippen LogP contribution in [0.3, 0.4) is 0 Å². The van der Waals surface area contributed by atoms with Crippen molar-refractivity contribution in [1.82, 2.24) is 9.97 Å². The van der Waals surface area contributed by atoms with Crippen molar-refractivity contribution in [3.8, 4) is 0 Å². The molecule has 0 spiro atoms. The van der Waals surface area contributed by atoms with Crippen molar-refractivity contribution in [2.45, 2.75) is 26.1 Å². The Morgan fingerprint density at radius 2 is 1.78 bits per heavy atom. The quantitative estimate of drug-likeness (QED) is 0.836. The fourth-order valence-electron chi connectivity index (χ4n) is 2.55. The number of benzene rings is 1. The Balaban J connectivity index is 2.14. The predicted molar refractivity (Wildman–Crippen MR) is 90.9 cm³/mol.